The Morgan fingerprint density at radius 1 is 1.33 bits per heavy atom. The molecule has 4 nitrogen and oxygen atoms in total. The summed E-state index contributed by atoms with van der Waals surface area (Å²) >= 11 is 6.02. The average Bonchev–Trinajstić information content (AvgIpc) is 2.97. The van der Waals surface area contributed by atoms with Crippen molar-refractivity contribution in [3.05, 3.63) is 29.3 Å². The number of benzene rings is 1. The minimum absolute atomic E-state index is 0. The number of para-hydroxylation sites is 1. The fourth-order valence-electron chi connectivity index (χ4n) is 2.35. The summed E-state index contributed by atoms with van der Waals surface area (Å²) < 4.78 is 5.62. The van der Waals surface area contributed by atoms with Gasteiger partial charge in [0.05, 0.1) is 11.6 Å². The van der Waals surface area contributed by atoms with Crippen molar-refractivity contribution in [3.63, 3.8) is 0 Å². The third-order valence-corrected chi connectivity index (χ3v) is 3.72. The second-order valence-corrected chi connectivity index (χ2v) is 5.31. The molecule has 118 valence electrons. The van der Waals surface area contributed by atoms with E-state index < -0.39 is 0 Å². The Balaban J connectivity index is 0.00000220. The van der Waals surface area contributed by atoms with Crippen LogP contribution in [0.15, 0.2) is 29.3 Å². The van der Waals surface area contributed by atoms with Crippen molar-refractivity contribution < 1.29 is 4.74 Å². The lowest BCUT2D eigenvalue weighted by Gasteiger charge is -2.17. The smallest absolute Gasteiger partial charge is 0.191 e. The summed E-state index contributed by atoms with van der Waals surface area (Å²) in [5.74, 6) is 1.56. The Morgan fingerprint density at radius 2 is 2.05 bits per heavy atom. The van der Waals surface area contributed by atoms with Gasteiger partial charge in [-0.1, -0.05) is 36.6 Å². The highest BCUT2D eigenvalue weighted by atomic mass is 127. The molecule has 0 unspecified atom stereocenters. The van der Waals surface area contributed by atoms with Gasteiger partial charge in [0.15, 0.2) is 5.96 Å². The molecule has 0 radical (unpaired) electrons. The van der Waals surface area contributed by atoms with Crippen molar-refractivity contribution in [2.75, 3.05) is 20.2 Å². The van der Waals surface area contributed by atoms with Gasteiger partial charge in [0.2, 0.25) is 0 Å². The summed E-state index contributed by atoms with van der Waals surface area (Å²) in [5, 5.41) is 7.33. The minimum atomic E-state index is 0. The molecule has 1 saturated carbocycles. The Hall–Kier alpha value is -0.690. The Morgan fingerprint density at radius 3 is 2.71 bits per heavy atom. The molecular formula is C15H23ClIN3O. The van der Waals surface area contributed by atoms with Gasteiger partial charge in [0.25, 0.3) is 0 Å². The SMILES string of the molecule is CN=C(NCCOc1ccccc1Cl)NC1CCCC1.I. The van der Waals surface area contributed by atoms with Crippen LogP contribution >= 0.6 is 35.6 Å². The van der Waals surface area contributed by atoms with Gasteiger partial charge in [-0.15, -0.1) is 24.0 Å². The molecule has 0 amide bonds. The van der Waals surface area contributed by atoms with E-state index in [1.807, 2.05) is 24.3 Å². The molecule has 0 spiro atoms. The van der Waals surface area contributed by atoms with Gasteiger partial charge in [0.1, 0.15) is 12.4 Å². The molecule has 2 rings (SSSR count). The second kappa shape index (κ2) is 10.1. The molecule has 1 aromatic rings. The monoisotopic (exact) mass is 423 g/mol. The number of aliphatic imine (C=N–C) groups is 1. The number of ether oxygens (including phenoxy) is 1. The van der Waals surface area contributed by atoms with Gasteiger partial charge in [-0.25, -0.2) is 0 Å². The highest BCUT2D eigenvalue weighted by Crippen LogP contribution is 2.22. The van der Waals surface area contributed by atoms with Gasteiger partial charge in [-0.05, 0) is 25.0 Å². The van der Waals surface area contributed by atoms with Crippen molar-refractivity contribution >= 4 is 41.5 Å². The average molecular weight is 424 g/mol. The molecule has 1 fully saturated rings. The molecule has 0 aliphatic heterocycles. The van der Waals surface area contributed by atoms with Gasteiger partial charge in [0, 0.05) is 13.1 Å². The second-order valence-electron chi connectivity index (χ2n) is 4.90. The maximum Gasteiger partial charge on any atom is 0.191 e. The van der Waals surface area contributed by atoms with E-state index in [0.29, 0.717) is 24.2 Å². The van der Waals surface area contributed by atoms with Crippen LogP contribution in [0.4, 0.5) is 0 Å². The first-order chi connectivity index (χ1) is 9.79. The van der Waals surface area contributed by atoms with Crippen molar-refractivity contribution in [2.24, 2.45) is 4.99 Å². The summed E-state index contributed by atoms with van der Waals surface area (Å²) in [5.41, 5.74) is 0. The lowest BCUT2D eigenvalue weighted by atomic mass is 10.2. The van der Waals surface area contributed by atoms with Crippen LogP contribution in [0, 0.1) is 0 Å². The van der Waals surface area contributed by atoms with Crippen LogP contribution in [-0.2, 0) is 0 Å². The molecule has 0 heterocycles. The van der Waals surface area contributed by atoms with Gasteiger partial charge in [-0.2, -0.15) is 0 Å². The number of rotatable bonds is 5. The molecule has 1 aliphatic carbocycles. The fraction of sp³-hybridized carbons (Fsp3) is 0.533. The number of hydrogen-bond acceptors (Lipinski definition) is 2. The topological polar surface area (TPSA) is 45.7 Å². The van der Waals surface area contributed by atoms with Crippen LogP contribution in [-0.4, -0.2) is 32.2 Å². The number of hydrogen-bond donors (Lipinski definition) is 2. The van der Waals surface area contributed by atoms with Crippen LogP contribution in [0.2, 0.25) is 5.02 Å². The molecule has 0 atom stereocenters. The predicted octanol–water partition coefficient (Wildman–Crippen LogP) is 3.44. The highest BCUT2D eigenvalue weighted by Gasteiger charge is 2.15. The number of halogens is 2. The fourth-order valence-corrected chi connectivity index (χ4v) is 2.54. The molecular weight excluding hydrogens is 401 g/mol. The Labute approximate surface area is 148 Å². The van der Waals surface area contributed by atoms with Crippen LogP contribution < -0.4 is 15.4 Å². The maximum absolute atomic E-state index is 6.02. The third kappa shape index (κ3) is 6.30. The molecule has 1 aliphatic rings. The van der Waals surface area contributed by atoms with Crippen LogP contribution in [0.25, 0.3) is 0 Å². The molecule has 0 saturated heterocycles. The standard InChI is InChI=1S/C15H22ClN3O.HI/c1-17-15(19-12-6-2-3-7-12)18-10-11-20-14-9-5-4-8-13(14)16;/h4-5,8-9,12H,2-3,6-7,10-11H2,1H3,(H2,17,18,19);1H. The highest BCUT2D eigenvalue weighted by molar-refractivity contribution is 14.0. The zero-order valence-corrected chi connectivity index (χ0v) is 15.4. The van der Waals surface area contributed by atoms with E-state index in [2.05, 4.69) is 15.6 Å². The van der Waals surface area contributed by atoms with Crippen LogP contribution in [0.1, 0.15) is 25.7 Å². The van der Waals surface area contributed by atoms with E-state index in [4.69, 9.17) is 16.3 Å². The zero-order chi connectivity index (χ0) is 14.2. The number of nitrogens with one attached hydrogen (secondary N) is 2. The van der Waals surface area contributed by atoms with E-state index >= 15 is 0 Å². The summed E-state index contributed by atoms with van der Waals surface area (Å²) in [6.45, 7) is 1.24. The van der Waals surface area contributed by atoms with Crippen LogP contribution in [0.3, 0.4) is 0 Å². The molecule has 21 heavy (non-hydrogen) atoms. The Kier molecular flexibility index (Phi) is 8.84. The summed E-state index contributed by atoms with van der Waals surface area (Å²) in [4.78, 5) is 4.23. The van der Waals surface area contributed by atoms with E-state index in [1.165, 1.54) is 25.7 Å². The first-order valence-corrected chi connectivity index (χ1v) is 7.52. The molecule has 0 bridgehead atoms. The predicted molar refractivity (Wildman–Crippen MR) is 99.1 cm³/mol. The van der Waals surface area contributed by atoms with Gasteiger partial charge >= 0.3 is 0 Å². The maximum atomic E-state index is 6.02. The molecule has 1 aromatic carbocycles. The first-order valence-electron chi connectivity index (χ1n) is 7.14. The zero-order valence-electron chi connectivity index (χ0n) is 12.3. The largest absolute Gasteiger partial charge is 0.490 e. The summed E-state index contributed by atoms with van der Waals surface area (Å²) in [6.07, 6.45) is 5.09. The van der Waals surface area contributed by atoms with Crippen molar-refractivity contribution in [3.8, 4) is 5.75 Å². The van der Waals surface area contributed by atoms with E-state index in [-0.39, 0.29) is 24.0 Å². The molecule has 2 N–H and O–H groups in total. The lowest BCUT2D eigenvalue weighted by Crippen LogP contribution is -2.43. The van der Waals surface area contributed by atoms with E-state index in [9.17, 15) is 0 Å². The number of guanidine groups is 1. The first kappa shape index (κ1) is 18.4. The van der Waals surface area contributed by atoms with Crippen molar-refractivity contribution in [2.45, 2.75) is 31.7 Å². The van der Waals surface area contributed by atoms with E-state index in [0.717, 1.165) is 11.7 Å². The molecule has 6 heteroatoms. The quantitative estimate of drug-likeness (QED) is 0.330. The van der Waals surface area contributed by atoms with Gasteiger partial charge < -0.3 is 15.4 Å². The van der Waals surface area contributed by atoms with E-state index in [1.54, 1.807) is 7.05 Å². The molecule has 0 aromatic heterocycles. The van der Waals surface area contributed by atoms with Crippen LogP contribution in [0.5, 0.6) is 5.75 Å². The third-order valence-electron chi connectivity index (χ3n) is 3.41. The summed E-state index contributed by atoms with van der Waals surface area (Å²) in [6, 6.07) is 8.06. The van der Waals surface area contributed by atoms with Gasteiger partial charge in [-0.3, -0.25) is 4.99 Å². The van der Waals surface area contributed by atoms with Crippen molar-refractivity contribution in [1.82, 2.24) is 10.6 Å². The normalized spacial score (nSPS) is 15.4. The minimum Gasteiger partial charge on any atom is -0.490 e. The Bertz CT molecular complexity index is 450. The summed E-state index contributed by atoms with van der Waals surface area (Å²) in [7, 11) is 1.79. The van der Waals surface area contributed by atoms with Crippen molar-refractivity contribution in [1.29, 1.82) is 0 Å². The lowest BCUT2D eigenvalue weighted by molar-refractivity contribution is 0.322. The number of nitrogens with zero attached hydrogens (tertiary/aromatic N) is 1.